The molecule has 1 amide bonds. The SMILES string of the molecule is CCOc1ccc(-c2nc(CC(=O)NCC(C)CO)cs2)cc1. The van der Waals surface area contributed by atoms with Crippen LogP contribution in [0.1, 0.15) is 19.5 Å². The molecule has 2 N–H and O–H groups in total. The quantitative estimate of drug-likeness (QED) is 0.778. The highest BCUT2D eigenvalue weighted by Gasteiger charge is 2.10. The summed E-state index contributed by atoms with van der Waals surface area (Å²) in [4.78, 5) is 16.4. The number of rotatable bonds is 8. The van der Waals surface area contributed by atoms with E-state index in [9.17, 15) is 4.79 Å². The fraction of sp³-hybridized carbons (Fsp3) is 0.412. The molecular weight excluding hydrogens is 312 g/mol. The number of aliphatic hydroxyl groups is 1. The van der Waals surface area contributed by atoms with Crippen molar-refractivity contribution in [3.8, 4) is 16.3 Å². The van der Waals surface area contributed by atoms with Gasteiger partial charge in [0.15, 0.2) is 0 Å². The maximum absolute atomic E-state index is 11.9. The van der Waals surface area contributed by atoms with Crippen LogP contribution in [0.4, 0.5) is 0 Å². The Morgan fingerprint density at radius 2 is 2.13 bits per heavy atom. The third kappa shape index (κ3) is 5.33. The van der Waals surface area contributed by atoms with Gasteiger partial charge in [-0.1, -0.05) is 6.92 Å². The fourth-order valence-electron chi connectivity index (χ4n) is 1.96. The highest BCUT2D eigenvalue weighted by Crippen LogP contribution is 2.25. The maximum atomic E-state index is 11.9. The van der Waals surface area contributed by atoms with Crippen LogP contribution in [-0.4, -0.2) is 35.8 Å². The zero-order valence-electron chi connectivity index (χ0n) is 13.4. The van der Waals surface area contributed by atoms with Gasteiger partial charge in [-0.05, 0) is 37.1 Å². The maximum Gasteiger partial charge on any atom is 0.226 e. The van der Waals surface area contributed by atoms with E-state index in [-0.39, 0.29) is 24.9 Å². The van der Waals surface area contributed by atoms with Gasteiger partial charge in [-0.3, -0.25) is 4.79 Å². The van der Waals surface area contributed by atoms with Crippen molar-refractivity contribution in [1.29, 1.82) is 0 Å². The molecule has 0 saturated heterocycles. The van der Waals surface area contributed by atoms with Crippen molar-refractivity contribution >= 4 is 17.2 Å². The first-order chi connectivity index (χ1) is 11.1. The Labute approximate surface area is 140 Å². The molecule has 0 bridgehead atoms. The first-order valence-electron chi connectivity index (χ1n) is 7.67. The minimum Gasteiger partial charge on any atom is -0.494 e. The number of ether oxygens (including phenoxy) is 1. The summed E-state index contributed by atoms with van der Waals surface area (Å²) >= 11 is 1.52. The molecule has 1 atom stereocenters. The average Bonchev–Trinajstić information content (AvgIpc) is 3.02. The molecule has 0 aliphatic heterocycles. The summed E-state index contributed by atoms with van der Waals surface area (Å²) in [7, 11) is 0. The van der Waals surface area contributed by atoms with Gasteiger partial charge >= 0.3 is 0 Å². The van der Waals surface area contributed by atoms with Gasteiger partial charge in [0, 0.05) is 24.1 Å². The van der Waals surface area contributed by atoms with Crippen LogP contribution in [-0.2, 0) is 11.2 Å². The Hall–Kier alpha value is -1.92. The molecule has 0 aliphatic rings. The number of nitrogens with zero attached hydrogens (tertiary/aromatic N) is 1. The van der Waals surface area contributed by atoms with Crippen molar-refractivity contribution in [2.45, 2.75) is 20.3 Å². The van der Waals surface area contributed by atoms with E-state index in [1.54, 1.807) is 0 Å². The van der Waals surface area contributed by atoms with Gasteiger partial charge in [0.1, 0.15) is 10.8 Å². The first-order valence-corrected chi connectivity index (χ1v) is 8.55. The van der Waals surface area contributed by atoms with Crippen LogP contribution in [0.5, 0.6) is 5.75 Å². The molecule has 0 spiro atoms. The number of carbonyl (C=O) groups excluding carboxylic acids is 1. The monoisotopic (exact) mass is 334 g/mol. The Balaban J connectivity index is 1.93. The van der Waals surface area contributed by atoms with E-state index in [0.717, 1.165) is 22.0 Å². The minimum absolute atomic E-state index is 0.0637. The Kier molecular flexibility index (Phi) is 6.55. The number of aliphatic hydroxyl groups excluding tert-OH is 1. The van der Waals surface area contributed by atoms with Gasteiger partial charge < -0.3 is 15.2 Å². The van der Waals surface area contributed by atoms with Gasteiger partial charge in [-0.15, -0.1) is 11.3 Å². The van der Waals surface area contributed by atoms with Crippen LogP contribution in [0.3, 0.4) is 0 Å². The molecule has 1 aromatic heterocycles. The lowest BCUT2D eigenvalue weighted by Crippen LogP contribution is -2.30. The average molecular weight is 334 g/mol. The number of aromatic nitrogens is 1. The van der Waals surface area contributed by atoms with E-state index < -0.39 is 0 Å². The van der Waals surface area contributed by atoms with Crippen molar-refractivity contribution in [2.24, 2.45) is 5.92 Å². The van der Waals surface area contributed by atoms with Crippen LogP contribution >= 0.6 is 11.3 Å². The van der Waals surface area contributed by atoms with Crippen LogP contribution in [0.2, 0.25) is 0 Å². The smallest absolute Gasteiger partial charge is 0.226 e. The molecule has 5 nitrogen and oxygen atoms in total. The molecule has 23 heavy (non-hydrogen) atoms. The van der Waals surface area contributed by atoms with Gasteiger partial charge in [-0.25, -0.2) is 4.98 Å². The van der Waals surface area contributed by atoms with Crippen LogP contribution < -0.4 is 10.1 Å². The highest BCUT2D eigenvalue weighted by molar-refractivity contribution is 7.13. The Bertz CT molecular complexity index is 625. The molecule has 0 radical (unpaired) electrons. The fourth-order valence-corrected chi connectivity index (χ4v) is 2.79. The summed E-state index contributed by atoms with van der Waals surface area (Å²) in [6.45, 7) is 5.02. The van der Waals surface area contributed by atoms with Gasteiger partial charge in [-0.2, -0.15) is 0 Å². The summed E-state index contributed by atoms with van der Waals surface area (Å²) in [5, 5.41) is 14.5. The number of benzene rings is 1. The van der Waals surface area contributed by atoms with E-state index in [1.165, 1.54) is 11.3 Å². The lowest BCUT2D eigenvalue weighted by Gasteiger charge is -2.08. The molecule has 0 fully saturated rings. The lowest BCUT2D eigenvalue weighted by atomic mass is 10.2. The normalized spacial score (nSPS) is 12.0. The van der Waals surface area contributed by atoms with E-state index in [0.29, 0.717) is 13.2 Å². The number of nitrogens with one attached hydrogen (secondary N) is 1. The number of carbonyl (C=O) groups is 1. The van der Waals surface area contributed by atoms with Crippen molar-refractivity contribution in [1.82, 2.24) is 10.3 Å². The zero-order valence-corrected chi connectivity index (χ0v) is 14.2. The number of amides is 1. The van der Waals surface area contributed by atoms with Crippen LogP contribution in [0, 0.1) is 5.92 Å². The second-order valence-electron chi connectivity index (χ2n) is 5.37. The van der Waals surface area contributed by atoms with Crippen LogP contribution in [0.15, 0.2) is 29.6 Å². The first kappa shape index (κ1) is 17.4. The predicted molar refractivity (Wildman–Crippen MR) is 91.7 cm³/mol. The molecule has 124 valence electrons. The van der Waals surface area contributed by atoms with Gasteiger partial charge in [0.25, 0.3) is 0 Å². The molecule has 1 heterocycles. The van der Waals surface area contributed by atoms with E-state index >= 15 is 0 Å². The van der Waals surface area contributed by atoms with Crippen molar-refractivity contribution < 1.29 is 14.6 Å². The summed E-state index contributed by atoms with van der Waals surface area (Å²) in [5.41, 5.74) is 1.77. The summed E-state index contributed by atoms with van der Waals surface area (Å²) in [5.74, 6) is 0.827. The standard InChI is InChI=1S/C17H22N2O3S/c1-3-22-15-6-4-13(5-7-15)17-19-14(11-23-17)8-16(21)18-9-12(2)10-20/h4-7,11-12,20H,3,8-10H2,1-2H3,(H,18,21). The molecule has 6 heteroatoms. The van der Waals surface area contributed by atoms with Crippen molar-refractivity contribution in [2.75, 3.05) is 19.8 Å². The topological polar surface area (TPSA) is 71.5 Å². The molecule has 2 aromatic rings. The number of hydrogen-bond donors (Lipinski definition) is 2. The zero-order chi connectivity index (χ0) is 16.7. The lowest BCUT2D eigenvalue weighted by molar-refractivity contribution is -0.120. The van der Waals surface area contributed by atoms with Crippen molar-refractivity contribution in [3.05, 3.63) is 35.3 Å². The molecular formula is C17H22N2O3S. The molecule has 2 rings (SSSR count). The van der Waals surface area contributed by atoms with Gasteiger partial charge in [0.05, 0.1) is 18.7 Å². The number of thiazole rings is 1. The third-order valence-corrected chi connectivity index (χ3v) is 4.21. The summed E-state index contributed by atoms with van der Waals surface area (Å²) in [6.07, 6.45) is 0.256. The van der Waals surface area contributed by atoms with E-state index in [4.69, 9.17) is 9.84 Å². The highest BCUT2D eigenvalue weighted by atomic mass is 32.1. The number of hydrogen-bond acceptors (Lipinski definition) is 5. The second kappa shape index (κ2) is 8.64. The third-order valence-electron chi connectivity index (χ3n) is 3.27. The summed E-state index contributed by atoms with van der Waals surface area (Å²) in [6, 6.07) is 7.78. The molecule has 1 aromatic carbocycles. The molecule has 1 unspecified atom stereocenters. The molecule has 0 aliphatic carbocycles. The summed E-state index contributed by atoms with van der Waals surface area (Å²) < 4.78 is 5.42. The van der Waals surface area contributed by atoms with Crippen molar-refractivity contribution in [3.63, 3.8) is 0 Å². The van der Waals surface area contributed by atoms with Crippen LogP contribution in [0.25, 0.3) is 10.6 Å². The second-order valence-corrected chi connectivity index (χ2v) is 6.23. The van der Waals surface area contributed by atoms with Gasteiger partial charge in [0.2, 0.25) is 5.91 Å². The largest absolute Gasteiger partial charge is 0.494 e. The Morgan fingerprint density at radius 3 is 2.78 bits per heavy atom. The van der Waals surface area contributed by atoms with E-state index in [1.807, 2.05) is 43.5 Å². The Morgan fingerprint density at radius 1 is 1.39 bits per heavy atom. The minimum atomic E-state index is -0.0751. The predicted octanol–water partition coefficient (Wildman–Crippen LogP) is 2.50. The molecule has 0 saturated carbocycles. The van der Waals surface area contributed by atoms with E-state index in [2.05, 4.69) is 10.3 Å².